The van der Waals surface area contributed by atoms with Crippen LogP contribution in [0.2, 0.25) is 0 Å². The summed E-state index contributed by atoms with van der Waals surface area (Å²) in [4.78, 5) is 11.3. The van der Waals surface area contributed by atoms with E-state index in [1.165, 1.54) is 11.6 Å². The van der Waals surface area contributed by atoms with Gasteiger partial charge in [0.25, 0.3) is 0 Å². The Morgan fingerprint density at radius 1 is 1.21 bits per heavy atom. The van der Waals surface area contributed by atoms with E-state index in [-0.39, 0.29) is 0 Å². The van der Waals surface area contributed by atoms with Crippen LogP contribution in [-0.4, -0.2) is 5.97 Å². The molecule has 0 fully saturated rings. The molecule has 0 aliphatic rings. The van der Waals surface area contributed by atoms with E-state index < -0.39 is 5.97 Å². The standard InChI is InChI=1S/C17H16O2/c1-3-17(18)19-16-10-9-13(2)11-15(16)12-14-7-5-4-6-8-14/h3-11H,1,12H2,2H3. The minimum atomic E-state index is -0.432. The van der Waals surface area contributed by atoms with Gasteiger partial charge in [-0.1, -0.05) is 54.6 Å². The van der Waals surface area contributed by atoms with Crippen molar-refractivity contribution in [2.45, 2.75) is 13.3 Å². The van der Waals surface area contributed by atoms with Crippen molar-refractivity contribution in [3.05, 3.63) is 77.9 Å². The molecule has 0 saturated heterocycles. The molecular weight excluding hydrogens is 236 g/mol. The third-order valence-electron chi connectivity index (χ3n) is 2.83. The largest absolute Gasteiger partial charge is 0.423 e. The van der Waals surface area contributed by atoms with Crippen molar-refractivity contribution in [1.82, 2.24) is 0 Å². The van der Waals surface area contributed by atoms with Gasteiger partial charge in [-0.25, -0.2) is 4.79 Å². The molecule has 2 rings (SSSR count). The number of hydrogen-bond acceptors (Lipinski definition) is 2. The average molecular weight is 252 g/mol. The topological polar surface area (TPSA) is 26.3 Å². The molecular formula is C17H16O2. The summed E-state index contributed by atoms with van der Waals surface area (Å²) in [5.74, 6) is 0.164. The summed E-state index contributed by atoms with van der Waals surface area (Å²) in [5.41, 5.74) is 3.33. The predicted octanol–water partition coefficient (Wildman–Crippen LogP) is 3.68. The van der Waals surface area contributed by atoms with Gasteiger partial charge in [0, 0.05) is 12.5 Å². The van der Waals surface area contributed by atoms with Crippen molar-refractivity contribution in [2.75, 3.05) is 0 Å². The first kappa shape index (κ1) is 13.1. The molecule has 2 nitrogen and oxygen atoms in total. The van der Waals surface area contributed by atoms with Crippen molar-refractivity contribution in [1.29, 1.82) is 0 Å². The molecule has 0 radical (unpaired) electrons. The van der Waals surface area contributed by atoms with Crippen LogP contribution in [0.3, 0.4) is 0 Å². The van der Waals surface area contributed by atoms with E-state index in [4.69, 9.17) is 4.74 Å². The molecule has 0 unspecified atom stereocenters. The maximum absolute atomic E-state index is 11.3. The third kappa shape index (κ3) is 3.55. The van der Waals surface area contributed by atoms with Crippen LogP contribution >= 0.6 is 0 Å². The number of carbonyl (C=O) groups excluding carboxylic acids is 1. The molecule has 2 heteroatoms. The zero-order chi connectivity index (χ0) is 13.7. The van der Waals surface area contributed by atoms with Gasteiger partial charge in [0.15, 0.2) is 0 Å². The van der Waals surface area contributed by atoms with Crippen LogP contribution in [0.15, 0.2) is 61.2 Å². The Morgan fingerprint density at radius 2 is 1.95 bits per heavy atom. The summed E-state index contributed by atoms with van der Waals surface area (Å²) in [6.07, 6.45) is 1.91. The summed E-state index contributed by atoms with van der Waals surface area (Å²) < 4.78 is 5.26. The smallest absolute Gasteiger partial charge is 0.335 e. The van der Waals surface area contributed by atoms with Crippen molar-refractivity contribution in [3.63, 3.8) is 0 Å². The monoisotopic (exact) mass is 252 g/mol. The lowest BCUT2D eigenvalue weighted by Crippen LogP contribution is -2.06. The molecule has 2 aromatic rings. The summed E-state index contributed by atoms with van der Waals surface area (Å²) in [7, 11) is 0. The van der Waals surface area contributed by atoms with Crippen LogP contribution in [0.5, 0.6) is 5.75 Å². The van der Waals surface area contributed by atoms with Gasteiger partial charge in [0.2, 0.25) is 0 Å². The van der Waals surface area contributed by atoms with Crippen molar-refractivity contribution >= 4 is 5.97 Å². The van der Waals surface area contributed by atoms with E-state index in [0.717, 1.165) is 17.5 Å². The van der Waals surface area contributed by atoms with Crippen molar-refractivity contribution in [3.8, 4) is 5.75 Å². The molecule has 0 spiro atoms. The zero-order valence-corrected chi connectivity index (χ0v) is 10.9. The van der Waals surface area contributed by atoms with E-state index in [9.17, 15) is 4.79 Å². The summed E-state index contributed by atoms with van der Waals surface area (Å²) in [6, 6.07) is 15.9. The van der Waals surface area contributed by atoms with Gasteiger partial charge in [-0.05, 0) is 24.1 Å². The Bertz CT molecular complexity index is 585. The molecule has 0 atom stereocenters. The summed E-state index contributed by atoms with van der Waals surface area (Å²) >= 11 is 0. The normalized spacial score (nSPS) is 9.95. The quantitative estimate of drug-likeness (QED) is 0.471. The van der Waals surface area contributed by atoms with Gasteiger partial charge in [-0.3, -0.25) is 0 Å². The van der Waals surface area contributed by atoms with Crippen molar-refractivity contribution in [2.24, 2.45) is 0 Å². The Morgan fingerprint density at radius 3 is 2.63 bits per heavy atom. The van der Waals surface area contributed by atoms with E-state index >= 15 is 0 Å². The lowest BCUT2D eigenvalue weighted by Gasteiger charge is -2.10. The Hall–Kier alpha value is -2.35. The van der Waals surface area contributed by atoms with Crippen LogP contribution in [0.1, 0.15) is 16.7 Å². The molecule has 96 valence electrons. The number of ether oxygens (including phenoxy) is 1. The van der Waals surface area contributed by atoms with Crippen molar-refractivity contribution < 1.29 is 9.53 Å². The van der Waals surface area contributed by atoms with Gasteiger partial charge >= 0.3 is 5.97 Å². The molecule has 19 heavy (non-hydrogen) atoms. The fourth-order valence-electron chi connectivity index (χ4n) is 1.91. The van der Waals surface area contributed by atoms with Gasteiger partial charge in [-0.15, -0.1) is 0 Å². The van der Waals surface area contributed by atoms with Gasteiger partial charge in [0.05, 0.1) is 0 Å². The molecule has 2 aromatic carbocycles. The van der Waals surface area contributed by atoms with E-state index in [1.807, 2.05) is 43.3 Å². The first-order chi connectivity index (χ1) is 9.19. The van der Waals surface area contributed by atoms with E-state index in [2.05, 4.69) is 18.7 Å². The first-order valence-electron chi connectivity index (χ1n) is 6.17. The molecule has 0 N–H and O–H groups in total. The summed E-state index contributed by atoms with van der Waals surface area (Å²) in [5, 5.41) is 0. The number of benzene rings is 2. The SMILES string of the molecule is C=CC(=O)Oc1ccc(C)cc1Cc1ccccc1. The number of aryl methyl sites for hydroxylation is 1. The fraction of sp³-hybridized carbons (Fsp3) is 0.118. The zero-order valence-electron chi connectivity index (χ0n) is 10.9. The molecule has 0 aromatic heterocycles. The van der Waals surface area contributed by atoms with Gasteiger partial charge < -0.3 is 4.74 Å². The average Bonchev–Trinajstić information content (AvgIpc) is 2.43. The molecule has 0 bridgehead atoms. The Labute approximate surface area is 113 Å². The maximum atomic E-state index is 11.3. The van der Waals surface area contributed by atoms with Gasteiger partial charge in [-0.2, -0.15) is 0 Å². The summed E-state index contributed by atoms with van der Waals surface area (Å²) in [6.45, 7) is 5.43. The molecule has 0 aliphatic heterocycles. The second-order valence-corrected chi connectivity index (χ2v) is 4.40. The highest BCUT2D eigenvalue weighted by Gasteiger charge is 2.08. The molecule has 0 amide bonds. The van der Waals surface area contributed by atoms with Crippen LogP contribution in [-0.2, 0) is 11.2 Å². The third-order valence-corrected chi connectivity index (χ3v) is 2.83. The predicted molar refractivity (Wildman–Crippen MR) is 76.3 cm³/mol. The fourth-order valence-corrected chi connectivity index (χ4v) is 1.91. The molecule has 0 heterocycles. The minimum Gasteiger partial charge on any atom is -0.423 e. The highest BCUT2D eigenvalue weighted by Crippen LogP contribution is 2.23. The molecule has 0 saturated carbocycles. The Kier molecular flexibility index (Phi) is 4.14. The first-order valence-corrected chi connectivity index (χ1v) is 6.17. The van der Waals surface area contributed by atoms with E-state index in [0.29, 0.717) is 5.75 Å². The molecule has 0 aliphatic carbocycles. The number of hydrogen-bond donors (Lipinski definition) is 0. The number of rotatable bonds is 4. The van der Waals surface area contributed by atoms with Crippen LogP contribution in [0, 0.1) is 6.92 Å². The lowest BCUT2D eigenvalue weighted by atomic mass is 10.0. The second kappa shape index (κ2) is 6.01. The van der Waals surface area contributed by atoms with E-state index in [1.54, 1.807) is 0 Å². The van der Waals surface area contributed by atoms with Gasteiger partial charge in [0.1, 0.15) is 5.75 Å². The van der Waals surface area contributed by atoms with Crippen LogP contribution < -0.4 is 4.74 Å². The highest BCUT2D eigenvalue weighted by atomic mass is 16.5. The number of carbonyl (C=O) groups is 1. The second-order valence-electron chi connectivity index (χ2n) is 4.40. The minimum absolute atomic E-state index is 0.432. The maximum Gasteiger partial charge on any atom is 0.335 e. The Balaban J connectivity index is 2.29. The number of esters is 1. The lowest BCUT2D eigenvalue weighted by molar-refractivity contribution is -0.129. The van der Waals surface area contributed by atoms with Crippen LogP contribution in [0.4, 0.5) is 0 Å². The highest BCUT2D eigenvalue weighted by molar-refractivity contribution is 5.83. The van der Waals surface area contributed by atoms with Crippen LogP contribution in [0.25, 0.3) is 0 Å².